The summed E-state index contributed by atoms with van der Waals surface area (Å²) in [5, 5.41) is 19.8. The highest BCUT2D eigenvalue weighted by Gasteiger charge is 2.16. The molecule has 0 unspecified atom stereocenters. The molecule has 1 aromatic carbocycles. The number of unbranched alkanes of at least 4 members (excludes halogenated alkanes) is 1. The molecule has 7 heteroatoms. The molecule has 4 rings (SSSR count). The number of carbonyl (C=O) groups is 1. The lowest BCUT2D eigenvalue weighted by atomic mass is 10.0. The van der Waals surface area contributed by atoms with Crippen LogP contribution in [-0.4, -0.2) is 37.6 Å². The monoisotopic (exact) mass is 430 g/mol. The van der Waals surface area contributed by atoms with E-state index < -0.39 is 0 Å². The van der Waals surface area contributed by atoms with E-state index in [1.54, 1.807) is 10.9 Å². The van der Waals surface area contributed by atoms with Crippen LogP contribution in [0.4, 0.5) is 0 Å². The molecule has 0 spiro atoms. The predicted octanol–water partition coefficient (Wildman–Crippen LogP) is 3.66. The Morgan fingerprint density at radius 2 is 1.97 bits per heavy atom. The van der Waals surface area contributed by atoms with E-state index in [9.17, 15) is 4.79 Å². The number of amides is 1. The van der Waals surface area contributed by atoms with Crippen LogP contribution in [0.2, 0.25) is 0 Å². The molecule has 0 saturated carbocycles. The first kappa shape index (κ1) is 21.9. The molecule has 166 valence electrons. The van der Waals surface area contributed by atoms with Gasteiger partial charge in [0.1, 0.15) is 0 Å². The molecule has 2 heterocycles. The predicted molar refractivity (Wildman–Crippen MR) is 124 cm³/mol. The van der Waals surface area contributed by atoms with E-state index in [1.165, 1.54) is 16.7 Å². The van der Waals surface area contributed by atoms with Crippen LogP contribution >= 0.6 is 0 Å². The van der Waals surface area contributed by atoms with Crippen molar-refractivity contribution in [1.82, 2.24) is 30.5 Å². The van der Waals surface area contributed by atoms with Crippen molar-refractivity contribution in [2.24, 2.45) is 5.92 Å². The second kappa shape index (κ2) is 10.3. The second-order valence-electron chi connectivity index (χ2n) is 8.81. The van der Waals surface area contributed by atoms with Crippen molar-refractivity contribution in [3.8, 4) is 0 Å². The number of fused-ring (bicyclic) bond motifs is 1. The highest BCUT2D eigenvalue weighted by Crippen LogP contribution is 2.26. The Morgan fingerprint density at radius 3 is 2.78 bits per heavy atom. The zero-order chi connectivity index (χ0) is 22.3. The van der Waals surface area contributed by atoms with Crippen molar-refractivity contribution in [3.05, 3.63) is 76.4 Å². The average Bonchev–Trinajstić information content (AvgIpc) is 3.42. The van der Waals surface area contributed by atoms with Crippen molar-refractivity contribution >= 4 is 12.0 Å². The highest BCUT2D eigenvalue weighted by atomic mass is 16.2. The maximum Gasteiger partial charge on any atom is 0.273 e. The van der Waals surface area contributed by atoms with Crippen LogP contribution in [0.25, 0.3) is 6.08 Å². The molecule has 1 amide bonds. The van der Waals surface area contributed by atoms with Crippen molar-refractivity contribution in [3.63, 3.8) is 0 Å². The number of nitrogens with one attached hydrogen (secondary N) is 1. The zero-order valence-electron chi connectivity index (χ0n) is 18.8. The van der Waals surface area contributed by atoms with E-state index in [2.05, 4.69) is 76.1 Å². The van der Waals surface area contributed by atoms with E-state index in [4.69, 9.17) is 0 Å². The zero-order valence-corrected chi connectivity index (χ0v) is 18.8. The third kappa shape index (κ3) is 5.87. The summed E-state index contributed by atoms with van der Waals surface area (Å²) in [5.74, 6) is 0.236. The van der Waals surface area contributed by atoms with E-state index >= 15 is 0 Å². The number of aromatic nitrogens is 5. The number of benzene rings is 1. The Morgan fingerprint density at radius 1 is 1.12 bits per heavy atom. The lowest BCUT2D eigenvalue weighted by Gasteiger charge is -2.05. The largest absolute Gasteiger partial charge is 0.350 e. The number of allylic oxidation sites excluding steroid dienone is 1. The quantitative estimate of drug-likeness (QED) is 0.496. The summed E-state index contributed by atoms with van der Waals surface area (Å²) in [5.41, 5.74) is 6.38. The molecule has 0 fully saturated rings. The fraction of sp³-hybridized carbons (Fsp3) is 0.400. The van der Waals surface area contributed by atoms with Crippen LogP contribution in [0.5, 0.6) is 0 Å². The number of carbonyl (C=O) groups excluding carboxylic acids is 1. The number of rotatable bonds is 10. The molecule has 0 bridgehead atoms. The molecule has 3 aromatic rings. The van der Waals surface area contributed by atoms with Gasteiger partial charge in [-0.1, -0.05) is 61.0 Å². The second-order valence-corrected chi connectivity index (χ2v) is 8.81. The normalized spacial score (nSPS) is 12.7. The molecule has 1 N–H and O–H groups in total. The standard InChI is InChI=1S/C25H30N6O/c1-18(2)16-26-25(32)24-17-31(30-29-24)11-7-6-10-22-15-21-13-20(14-23(21)28-27-22)12-19-8-4-3-5-9-19/h3-5,8-9,13,15,17-18H,6-7,10-12,14,16H2,1-2H3,(H,26,32). The molecule has 0 saturated heterocycles. The van der Waals surface area contributed by atoms with Gasteiger partial charge in [-0.2, -0.15) is 10.2 Å². The molecule has 1 aliphatic carbocycles. The van der Waals surface area contributed by atoms with Gasteiger partial charge < -0.3 is 5.32 Å². The van der Waals surface area contributed by atoms with E-state index in [1.807, 2.05) is 6.07 Å². The van der Waals surface area contributed by atoms with E-state index in [0.29, 0.717) is 18.2 Å². The number of nitrogens with zero attached hydrogens (tertiary/aromatic N) is 5. The van der Waals surface area contributed by atoms with Gasteiger partial charge >= 0.3 is 0 Å². The summed E-state index contributed by atoms with van der Waals surface area (Å²) in [7, 11) is 0. The van der Waals surface area contributed by atoms with Gasteiger partial charge in [-0.05, 0) is 48.8 Å². The van der Waals surface area contributed by atoms with E-state index in [-0.39, 0.29) is 5.91 Å². The van der Waals surface area contributed by atoms with Crippen molar-refractivity contribution in [2.75, 3.05) is 6.54 Å². The third-order valence-corrected chi connectivity index (χ3v) is 5.49. The summed E-state index contributed by atoms with van der Waals surface area (Å²) < 4.78 is 1.73. The number of hydrogen-bond donors (Lipinski definition) is 1. The van der Waals surface area contributed by atoms with Crippen LogP contribution in [0, 0.1) is 5.92 Å². The maximum atomic E-state index is 12.0. The molecule has 2 aromatic heterocycles. The van der Waals surface area contributed by atoms with Gasteiger partial charge in [0.15, 0.2) is 5.69 Å². The maximum absolute atomic E-state index is 12.0. The molecular formula is C25H30N6O. The molecular weight excluding hydrogens is 400 g/mol. The number of aryl methyl sites for hydroxylation is 2. The Labute approximate surface area is 189 Å². The minimum atomic E-state index is -0.168. The van der Waals surface area contributed by atoms with Gasteiger partial charge in [0.25, 0.3) is 5.91 Å². The Balaban J connectivity index is 1.24. The van der Waals surface area contributed by atoms with Gasteiger partial charge in [0.2, 0.25) is 0 Å². The third-order valence-electron chi connectivity index (χ3n) is 5.49. The van der Waals surface area contributed by atoms with Crippen LogP contribution in [0.1, 0.15) is 59.7 Å². The topological polar surface area (TPSA) is 85.6 Å². The average molecular weight is 431 g/mol. The highest BCUT2D eigenvalue weighted by molar-refractivity contribution is 5.91. The molecule has 0 atom stereocenters. The lowest BCUT2D eigenvalue weighted by Crippen LogP contribution is -2.27. The van der Waals surface area contributed by atoms with Crippen molar-refractivity contribution in [1.29, 1.82) is 0 Å². The van der Waals surface area contributed by atoms with Crippen LogP contribution in [0.15, 0.2) is 48.2 Å². The molecule has 0 radical (unpaired) electrons. The summed E-state index contributed by atoms with van der Waals surface area (Å²) in [4.78, 5) is 12.0. The minimum Gasteiger partial charge on any atom is -0.350 e. The van der Waals surface area contributed by atoms with Crippen LogP contribution in [0.3, 0.4) is 0 Å². The van der Waals surface area contributed by atoms with Gasteiger partial charge in [0.05, 0.1) is 17.6 Å². The smallest absolute Gasteiger partial charge is 0.273 e. The van der Waals surface area contributed by atoms with Crippen molar-refractivity contribution in [2.45, 2.75) is 52.5 Å². The minimum absolute atomic E-state index is 0.168. The fourth-order valence-electron chi connectivity index (χ4n) is 3.80. The van der Waals surface area contributed by atoms with Crippen LogP contribution < -0.4 is 5.32 Å². The Bertz CT molecular complexity index is 1090. The fourth-order valence-corrected chi connectivity index (χ4v) is 3.80. The van der Waals surface area contributed by atoms with E-state index in [0.717, 1.165) is 50.0 Å². The van der Waals surface area contributed by atoms with Gasteiger partial charge in [-0.3, -0.25) is 9.48 Å². The lowest BCUT2D eigenvalue weighted by molar-refractivity contribution is 0.0944. The van der Waals surface area contributed by atoms with Gasteiger partial charge in [-0.25, -0.2) is 0 Å². The first-order valence-corrected chi connectivity index (χ1v) is 11.3. The Hall–Kier alpha value is -3.35. The first-order valence-electron chi connectivity index (χ1n) is 11.3. The molecule has 0 aliphatic heterocycles. The molecule has 1 aliphatic rings. The summed E-state index contributed by atoms with van der Waals surface area (Å²) in [6, 6.07) is 12.7. The SMILES string of the molecule is CC(C)CNC(=O)c1cn(CCCCc2cc3c(nn2)CC(Cc2ccccc2)=C3)nn1. The summed E-state index contributed by atoms with van der Waals surface area (Å²) in [6.45, 7) is 5.48. The van der Waals surface area contributed by atoms with Crippen molar-refractivity contribution < 1.29 is 4.79 Å². The van der Waals surface area contributed by atoms with Gasteiger partial charge in [0, 0.05) is 19.5 Å². The summed E-state index contributed by atoms with van der Waals surface area (Å²) in [6.07, 6.45) is 8.61. The molecule has 32 heavy (non-hydrogen) atoms. The van der Waals surface area contributed by atoms with Gasteiger partial charge in [-0.15, -0.1) is 5.10 Å². The number of hydrogen-bond acceptors (Lipinski definition) is 5. The van der Waals surface area contributed by atoms with Crippen LogP contribution in [-0.2, 0) is 25.8 Å². The molecule has 7 nitrogen and oxygen atoms in total. The first-order chi connectivity index (χ1) is 15.6. The Kier molecular flexibility index (Phi) is 7.04. The summed E-state index contributed by atoms with van der Waals surface area (Å²) >= 11 is 0.